The zero-order valence-corrected chi connectivity index (χ0v) is 34.2. The Labute approximate surface area is 349 Å². The number of ether oxygens (including phenoxy) is 9. The van der Waals surface area contributed by atoms with E-state index in [-0.39, 0.29) is 65.3 Å². The molecule has 1 saturated heterocycles. The summed E-state index contributed by atoms with van der Waals surface area (Å²) >= 11 is 0. The largest absolute Gasteiger partial charge is 0.494 e. The van der Waals surface area contributed by atoms with E-state index in [9.17, 15) is 14.4 Å². The Morgan fingerprint density at radius 2 is 1.12 bits per heavy atom. The molecule has 0 unspecified atom stereocenters. The van der Waals surface area contributed by atoms with E-state index in [1.54, 1.807) is 19.4 Å². The van der Waals surface area contributed by atoms with Gasteiger partial charge in [-0.3, -0.25) is 19.4 Å². The summed E-state index contributed by atoms with van der Waals surface area (Å²) in [5.41, 5.74) is 2.65. The Balaban J connectivity index is 0.982. The number of hydrogen-bond acceptors (Lipinski definition) is 14. The molecule has 5 rings (SSSR count). The van der Waals surface area contributed by atoms with Crippen molar-refractivity contribution in [1.82, 2.24) is 16.0 Å². The van der Waals surface area contributed by atoms with Gasteiger partial charge in [-0.1, -0.05) is 18.2 Å². The zero-order chi connectivity index (χ0) is 42.4. The van der Waals surface area contributed by atoms with Gasteiger partial charge in [-0.2, -0.15) is 0 Å². The second kappa shape index (κ2) is 25.7. The second-order valence-corrected chi connectivity index (χ2v) is 13.6. The van der Waals surface area contributed by atoms with Crippen molar-refractivity contribution in [3.05, 3.63) is 93.8 Å². The molecular formula is C43H55FN4O12. The van der Waals surface area contributed by atoms with Crippen molar-refractivity contribution in [2.45, 2.75) is 18.6 Å². The van der Waals surface area contributed by atoms with Crippen LogP contribution in [0.1, 0.15) is 47.8 Å². The summed E-state index contributed by atoms with van der Waals surface area (Å²) in [5.74, 6) is -2.25. The molecule has 1 fully saturated rings. The van der Waals surface area contributed by atoms with Crippen molar-refractivity contribution in [3.63, 3.8) is 0 Å². The van der Waals surface area contributed by atoms with Gasteiger partial charge in [-0.05, 0) is 47.5 Å². The van der Waals surface area contributed by atoms with Crippen LogP contribution in [0.4, 0.5) is 4.39 Å². The lowest BCUT2D eigenvalue weighted by atomic mass is 10.00. The maximum atomic E-state index is 15.6. The fraction of sp³-hybridized carbons (Fsp3) is 0.488. The summed E-state index contributed by atoms with van der Waals surface area (Å²) in [5, 5.41) is 9.20. The van der Waals surface area contributed by atoms with Crippen LogP contribution in [0.5, 0.6) is 11.5 Å². The maximum absolute atomic E-state index is 15.6. The van der Waals surface area contributed by atoms with E-state index in [0.29, 0.717) is 104 Å². The number of hydrogen-bond donors (Lipinski definition) is 3. The number of benzene rings is 3. The number of nitrogens with one attached hydrogen (secondary N) is 3. The number of ketones is 1. The average molecular weight is 839 g/mol. The second-order valence-electron chi connectivity index (χ2n) is 13.6. The Morgan fingerprint density at radius 3 is 1.67 bits per heavy atom. The van der Waals surface area contributed by atoms with Crippen molar-refractivity contribution in [1.29, 1.82) is 0 Å². The number of rotatable bonds is 29. The van der Waals surface area contributed by atoms with E-state index in [4.69, 9.17) is 42.6 Å². The lowest BCUT2D eigenvalue weighted by Crippen LogP contribution is -2.51. The molecule has 0 spiro atoms. The summed E-state index contributed by atoms with van der Waals surface area (Å²) in [6.45, 7) is 7.09. The summed E-state index contributed by atoms with van der Waals surface area (Å²) in [7, 11) is 2.93. The van der Waals surface area contributed by atoms with E-state index < -0.39 is 11.6 Å². The molecule has 2 amide bonds. The number of halogens is 1. The molecule has 0 bridgehead atoms. The van der Waals surface area contributed by atoms with Crippen LogP contribution < -0.4 is 25.4 Å². The molecule has 2 aliphatic heterocycles. The quantitative estimate of drug-likeness (QED) is 0.0687. The standard InChI is InChI=1S/C43H55FN4O12/c1-52-11-12-54-13-14-55-15-16-56-17-18-57-19-20-58-21-22-59-23-24-60-37-9-10-38(53-2)40(44)39(37)41(49)30-3-5-31(6-4-30)42(50)47-35-28-46-29-36(35)48-43(51)32-7-8-33-26-45-27-34(33)25-32/h3-10,25-26,35-36,46H,11-24,27-29H2,1-2H3,(H,47,50)(H,48,51)/t35-,36-/m1/s1. The fourth-order valence-electron chi connectivity index (χ4n) is 6.24. The van der Waals surface area contributed by atoms with Gasteiger partial charge < -0.3 is 58.6 Å². The molecule has 0 aromatic heterocycles. The third-order valence-corrected chi connectivity index (χ3v) is 9.45. The predicted octanol–water partition coefficient (Wildman–Crippen LogP) is 2.62. The van der Waals surface area contributed by atoms with E-state index in [0.717, 1.165) is 11.1 Å². The fourth-order valence-corrected chi connectivity index (χ4v) is 6.24. The Kier molecular flexibility index (Phi) is 19.8. The monoisotopic (exact) mass is 838 g/mol. The summed E-state index contributed by atoms with van der Waals surface area (Å²) in [4.78, 5) is 44.2. The lowest BCUT2D eigenvalue weighted by molar-refractivity contribution is -0.0199. The summed E-state index contributed by atoms with van der Waals surface area (Å²) in [6, 6.07) is 13.5. The van der Waals surface area contributed by atoms with Gasteiger partial charge in [0.15, 0.2) is 17.3 Å². The normalized spacial score (nSPS) is 15.5. The molecule has 3 aromatic carbocycles. The van der Waals surface area contributed by atoms with Crippen LogP contribution in [0.2, 0.25) is 0 Å². The lowest BCUT2D eigenvalue weighted by Gasteiger charge is -2.21. The Hall–Kier alpha value is -4.85. The van der Waals surface area contributed by atoms with Crippen molar-refractivity contribution in [2.75, 3.05) is 120 Å². The highest BCUT2D eigenvalue weighted by atomic mass is 19.1. The predicted molar refractivity (Wildman–Crippen MR) is 218 cm³/mol. The van der Waals surface area contributed by atoms with Gasteiger partial charge >= 0.3 is 0 Å². The SMILES string of the molecule is COCCOCCOCCOCCOCCOCCOCCOc1ccc(OC)c(F)c1C(=O)c1ccc(C(=O)N[C@@H]2CNC[C@H]2NC(=O)c2ccc3c(c2)CN=C3)cc1. The molecule has 2 aliphatic rings. The van der Waals surface area contributed by atoms with Gasteiger partial charge in [0.1, 0.15) is 17.9 Å². The number of methoxy groups -OCH3 is 2. The minimum Gasteiger partial charge on any atom is -0.494 e. The van der Waals surface area contributed by atoms with Crippen LogP contribution in [0.25, 0.3) is 0 Å². The van der Waals surface area contributed by atoms with Crippen LogP contribution in [-0.4, -0.2) is 156 Å². The smallest absolute Gasteiger partial charge is 0.251 e. The first-order valence-corrected chi connectivity index (χ1v) is 19.9. The maximum Gasteiger partial charge on any atom is 0.251 e. The molecule has 0 radical (unpaired) electrons. The molecule has 0 aliphatic carbocycles. The topological polar surface area (TPSA) is 183 Å². The minimum absolute atomic E-state index is 0.0204. The number of fused-ring (bicyclic) bond motifs is 1. The zero-order valence-electron chi connectivity index (χ0n) is 34.2. The van der Waals surface area contributed by atoms with Gasteiger partial charge in [-0.15, -0.1) is 0 Å². The highest BCUT2D eigenvalue weighted by molar-refractivity contribution is 6.11. The molecule has 3 aromatic rings. The highest BCUT2D eigenvalue weighted by Gasteiger charge is 2.31. The highest BCUT2D eigenvalue weighted by Crippen LogP contribution is 2.31. The first-order chi connectivity index (χ1) is 29.4. The number of nitrogens with zero attached hydrogens (tertiary/aromatic N) is 1. The summed E-state index contributed by atoms with van der Waals surface area (Å²) in [6.07, 6.45) is 1.79. The van der Waals surface area contributed by atoms with E-state index >= 15 is 4.39 Å². The Morgan fingerprint density at radius 1 is 0.633 bits per heavy atom. The molecule has 326 valence electrons. The number of aliphatic imine (C=N–C) groups is 1. The van der Waals surface area contributed by atoms with Crippen LogP contribution in [0, 0.1) is 5.82 Å². The van der Waals surface area contributed by atoms with Gasteiger partial charge in [0.2, 0.25) is 0 Å². The number of carbonyl (C=O) groups excluding carboxylic acids is 3. The molecule has 2 atom stereocenters. The van der Waals surface area contributed by atoms with Crippen LogP contribution in [0.15, 0.2) is 59.6 Å². The first-order valence-electron chi connectivity index (χ1n) is 19.9. The molecule has 0 saturated carbocycles. The van der Waals surface area contributed by atoms with Gasteiger partial charge in [0.25, 0.3) is 11.8 Å². The van der Waals surface area contributed by atoms with Crippen molar-refractivity contribution >= 4 is 23.8 Å². The molecule has 2 heterocycles. The van der Waals surface area contributed by atoms with Gasteiger partial charge in [0, 0.05) is 43.1 Å². The molecule has 17 heteroatoms. The Bertz CT molecular complexity index is 1850. The van der Waals surface area contributed by atoms with Crippen molar-refractivity contribution < 1.29 is 61.4 Å². The summed E-state index contributed by atoms with van der Waals surface area (Å²) < 4.78 is 64.1. The number of carbonyl (C=O) groups is 3. The minimum atomic E-state index is -0.871. The third-order valence-electron chi connectivity index (χ3n) is 9.45. The van der Waals surface area contributed by atoms with E-state index in [2.05, 4.69) is 20.9 Å². The van der Waals surface area contributed by atoms with Gasteiger partial charge in [-0.25, -0.2) is 4.39 Å². The van der Waals surface area contributed by atoms with Crippen LogP contribution in [-0.2, 0) is 39.7 Å². The average Bonchev–Trinajstić information content (AvgIpc) is 3.93. The van der Waals surface area contributed by atoms with E-state index in [1.165, 1.54) is 43.5 Å². The van der Waals surface area contributed by atoms with Crippen LogP contribution in [0.3, 0.4) is 0 Å². The third kappa shape index (κ3) is 14.4. The molecular weight excluding hydrogens is 783 g/mol. The first kappa shape index (κ1) is 46.2. The van der Waals surface area contributed by atoms with Crippen molar-refractivity contribution in [2.24, 2.45) is 4.99 Å². The van der Waals surface area contributed by atoms with Gasteiger partial charge in [0.05, 0.1) is 112 Å². The molecule has 16 nitrogen and oxygen atoms in total. The van der Waals surface area contributed by atoms with Crippen molar-refractivity contribution in [3.8, 4) is 11.5 Å². The molecule has 3 N–H and O–H groups in total. The number of amides is 2. The molecule has 60 heavy (non-hydrogen) atoms. The van der Waals surface area contributed by atoms with E-state index in [1.807, 2.05) is 12.1 Å². The van der Waals surface area contributed by atoms with Crippen LogP contribution >= 0.6 is 0 Å².